The van der Waals surface area contributed by atoms with Gasteiger partial charge in [0.1, 0.15) is 0 Å². The predicted octanol–water partition coefficient (Wildman–Crippen LogP) is 4.05. The molecule has 1 fully saturated rings. The van der Waals surface area contributed by atoms with Crippen LogP contribution in [0.15, 0.2) is 6.07 Å². The standard InChI is InChI=1S/C24H37N5O2/c1-7-10-23(31)28-14-9-8-11-20(28)19-15-21-25-16(2)18(17(3)29(21)27-19)12-13-22(30)26-24(4,5)6/h15,20H,7-14H2,1-6H3,(H,26,30). The van der Waals surface area contributed by atoms with E-state index in [1.54, 1.807) is 0 Å². The van der Waals surface area contributed by atoms with Crippen molar-refractivity contribution in [2.24, 2.45) is 0 Å². The van der Waals surface area contributed by atoms with Gasteiger partial charge in [0.25, 0.3) is 0 Å². The van der Waals surface area contributed by atoms with E-state index < -0.39 is 0 Å². The molecule has 1 atom stereocenters. The Morgan fingerprint density at radius 3 is 2.61 bits per heavy atom. The minimum atomic E-state index is -0.235. The van der Waals surface area contributed by atoms with Crippen molar-refractivity contribution in [3.8, 4) is 0 Å². The summed E-state index contributed by atoms with van der Waals surface area (Å²) in [5, 5.41) is 7.90. The molecule has 0 bridgehead atoms. The predicted molar refractivity (Wildman–Crippen MR) is 122 cm³/mol. The molecule has 7 heteroatoms. The first-order chi connectivity index (χ1) is 14.6. The minimum absolute atomic E-state index is 0.0234. The molecule has 7 nitrogen and oxygen atoms in total. The number of rotatable bonds is 6. The molecule has 0 saturated carbocycles. The van der Waals surface area contributed by atoms with E-state index in [-0.39, 0.29) is 23.4 Å². The molecular weight excluding hydrogens is 390 g/mol. The van der Waals surface area contributed by atoms with Crippen LogP contribution >= 0.6 is 0 Å². The Morgan fingerprint density at radius 1 is 1.19 bits per heavy atom. The molecule has 170 valence electrons. The summed E-state index contributed by atoms with van der Waals surface area (Å²) in [6, 6.07) is 2.05. The molecule has 0 radical (unpaired) electrons. The average molecular weight is 428 g/mol. The number of carbonyl (C=O) groups is 2. The van der Waals surface area contributed by atoms with Gasteiger partial charge in [-0.2, -0.15) is 5.10 Å². The maximum Gasteiger partial charge on any atom is 0.223 e. The summed E-state index contributed by atoms with van der Waals surface area (Å²) in [5.74, 6) is 0.260. The number of amides is 2. The number of aromatic nitrogens is 3. The Labute approximate surface area is 185 Å². The third-order valence-electron chi connectivity index (χ3n) is 5.93. The van der Waals surface area contributed by atoms with Crippen LogP contribution < -0.4 is 5.32 Å². The zero-order valence-corrected chi connectivity index (χ0v) is 19.9. The van der Waals surface area contributed by atoms with Gasteiger partial charge in [-0.3, -0.25) is 9.59 Å². The highest BCUT2D eigenvalue weighted by molar-refractivity contribution is 5.77. The Bertz CT molecular complexity index is 957. The van der Waals surface area contributed by atoms with Crippen LogP contribution in [-0.4, -0.2) is 43.4 Å². The number of aryl methyl sites for hydroxylation is 2. The maximum atomic E-state index is 12.7. The molecule has 1 unspecified atom stereocenters. The highest BCUT2D eigenvalue weighted by atomic mass is 16.2. The maximum absolute atomic E-state index is 12.7. The molecule has 1 aliphatic rings. The van der Waals surface area contributed by atoms with Gasteiger partial charge in [-0.1, -0.05) is 6.92 Å². The van der Waals surface area contributed by atoms with Gasteiger partial charge < -0.3 is 10.2 Å². The van der Waals surface area contributed by atoms with Gasteiger partial charge in [-0.05, 0) is 72.3 Å². The van der Waals surface area contributed by atoms with Gasteiger partial charge in [0.15, 0.2) is 5.65 Å². The number of likely N-dealkylation sites (tertiary alicyclic amines) is 1. The number of piperidine rings is 1. The van der Waals surface area contributed by atoms with Crippen LogP contribution in [0.5, 0.6) is 0 Å². The van der Waals surface area contributed by atoms with Gasteiger partial charge >= 0.3 is 0 Å². The Morgan fingerprint density at radius 2 is 1.94 bits per heavy atom. The van der Waals surface area contributed by atoms with E-state index in [1.165, 1.54) is 0 Å². The number of hydrogen-bond donors (Lipinski definition) is 1. The lowest BCUT2D eigenvalue weighted by Gasteiger charge is -2.34. The normalized spacial score (nSPS) is 17.2. The fraction of sp³-hybridized carbons (Fsp3) is 0.667. The molecule has 1 aliphatic heterocycles. The van der Waals surface area contributed by atoms with Crippen LogP contribution in [0.3, 0.4) is 0 Å². The summed E-state index contributed by atoms with van der Waals surface area (Å²) in [5.41, 5.74) is 4.50. The van der Waals surface area contributed by atoms with Crippen molar-refractivity contribution in [3.05, 3.63) is 28.7 Å². The average Bonchev–Trinajstić information content (AvgIpc) is 3.10. The largest absolute Gasteiger partial charge is 0.351 e. The summed E-state index contributed by atoms with van der Waals surface area (Å²) in [6.45, 7) is 12.8. The third kappa shape index (κ3) is 5.43. The fourth-order valence-corrected chi connectivity index (χ4v) is 4.48. The molecule has 0 aromatic carbocycles. The molecule has 3 rings (SSSR count). The van der Waals surface area contributed by atoms with Crippen LogP contribution in [0.1, 0.15) is 94.9 Å². The van der Waals surface area contributed by atoms with E-state index in [9.17, 15) is 9.59 Å². The van der Waals surface area contributed by atoms with Gasteiger partial charge in [-0.15, -0.1) is 0 Å². The van der Waals surface area contributed by atoms with E-state index in [4.69, 9.17) is 10.1 Å². The lowest BCUT2D eigenvalue weighted by atomic mass is 9.99. The second-order valence-electron chi connectivity index (χ2n) is 9.75. The van der Waals surface area contributed by atoms with Crippen molar-refractivity contribution in [1.82, 2.24) is 24.8 Å². The first-order valence-electron chi connectivity index (χ1n) is 11.6. The highest BCUT2D eigenvalue weighted by Crippen LogP contribution is 2.32. The zero-order chi connectivity index (χ0) is 22.8. The van der Waals surface area contributed by atoms with Crippen LogP contribution in [0.25, 0.3) is 5.65 Å². The first-order valence-corrected chi connectivity index (χ1v) is 11.6. The number of nitrogens with one attached hydrogen (secondary N) is 1. The van der Waals surface area contributed by atoms with E-state index in [2.05, 4.69) is 5.32 Å². The molecule has 3 heterocycles. The van der Waals surface area contributed by atoms with Crippen LogP contribution in [0.2, 0.25) is 0 Å². The lowest BCUT2D eigenvalue weighted by Crippen LogP contribution is -2.40. The van der Waals surface area contributed by atoms with E-state index in [0.29, 0.717) is 19.3 Å². The number of carbonyl (C=O) groups excluding carboxylic acids is 2. The van der Waals surface area contributed by atoms with Gasteiger partial charge in [0.2, 0.25) is 11.8 Å². The first kappa shape index (κ1) is 23.2. The fourth-order valence-electron chi connectivity index (χ4n) is 4.48. The topological polar surface area (TPSA) is 79.6 Å². The molecule has 0 spiro atoms. The molecular formula is C24H37N5O2. The van der Waals surface area contributed by atoms with Crippen LogP contribution in [-0.2, 0) is 16.0 Å². The molecule has 1 saturated heterocycles. The molecule has 1 N–H and O–H groups in total. The highest BCUT2D eigenvalue weighted by Gasteiger charge is 2.30. The summed E-state index contributed by atoms with van der Waals surface area (Å²) in [7, 11) is 0. The van der Waals surface area contributed by atoms with Crippen molar-refractivity contribution in [2.45, 2.75) is 98.1 Å². The Hall–Kier alpha value is -2.44. The number of nitrogens with zero attached hydrogens (tertiary/aromatic N) is 4. The zero-order valence-electron chi connectivity index (χ0n) is 19.9. The Kier molecular flexibility index (Phi) is 7.02. The van der Waals surface area contributed by atoms with Crippen LogP contribution in [0.4, 0.5) is 0 Å². The summed E-state index contributed by atoms with van der Waals surface area (Å²) >= 11 is 0. The van der Waals surface area contributed by atoms with E-state index in [1.807, 2.05) is 57.0 Å². The van der Waals surface area contributed by atoms with E-state index >= 15 is 0 Å². The molecule has 2 aromatic rings. The van der Waals surface area contributed by atoms with Crippen LogP contribution in [0, 0.1) is 13.8 Å². The lowest BCUT2D eigenvalue weighted by molar-refractivity contribution is -0.135. The number of hydrogen-bond acceptors (Lipinski definition) is 4. The second-order valence-corrected chi connectivity index (χ2v) is 9.75. The second kappa shape index (κ2) is 9.37. The number of fused-ring (bicyclic) bond motifs is 1. The summed E-state index contributed by atoms with van der Waals surface area (Å²) in [6.07, 6.45) is 5.59. The van der Waals surface area contributed by atoms with E-state index in [0.717, 1.165) is 60.5 Å². The summed E-state index contributed by atoms with van der Waals surface area (Å²) < 4.78 is 1.89. The van der Waals surface area contributed by atoms with Crippen molar-refractivity contribution in [2.75, 3.05) is 6.54 Å². The quantitative estimate of drug-likeness (QED) is 0.754. The van der Waals surface area contributed by atoms with Crippen molar-refractivity contribution in [3.63, 3.8) is 0 Å². The minimum Gasteiger partial charge on any atom is -0.351 e. The molecule has 2 amide bonds. The smallest absolute Gasteiger partial charge is 0.223 e. The van der Waals surface area contributed by atoms with Crippen molar-refractivity contribution < 1.29 is 9.59 Å². The SMILES string of the molecule is CCCC(=O)N1CCCCC1c1cc2nc(C)c(CCC(=O)NC(C)(C)C)c(C)n2n1. The molecule has 31 heavy (non-hydrogen) atoms. The third-order valence-corrected chi connectivity index (χ3v) is 5.93. The molecule has 2 aromatic heterocycles. The monoisotopic (exact) mass is 427 g/mol. The van der Waals surface area contributed by atoms with Gasteiger partial charge in [-0.25, -0.2) is 9.50 Å². The van der Waals surface area contributed by atoms with Gasteiger partial charge in [0, 0.05) is 42.4 Å². The van der Waals surface area contributed by atoms with Crippen molar-refractivity contribution in [1.29, 1.82) is 0 Å². The Balaban J connectivity index is 1.86. The summed E-state index contributed by atoms with van der Waals surface area (Å²) in [4.78, 5) is 31.7. The van der Waals surface area contributed by atoms with Crippen molar-refractivity contribution >= 4 is 17.5 Å². The van der Waals surface area contributed by atoms with Gasteiger partial charge in [0.05, 0.1) is 11.7 Å². The molecule has 0 aliphatic carbocycles.